The molecule has 0 saturated carbocycles. The highest BCUT2D eigenvalue weighted by atomic mass is 16.2. The molecule has 0 unspecified atom stereocenters. The quantitative estimate of drug-likeness (QED) is 0.688. The number of hydrogen-bond acceptors (Lipinski definition) is 2. The third-order valence-corrected chi connectivity index (χ3v) is 3.23. The van der Waals surface area contributed by atoms with Crippen molar-refractivity contribution in [2.24, 2.45) is 5.41 Å². The molecule has 17 heavy (non-hydrogen) atoms. The van der Waals surface area contributed by atoms with Crippen molar-refractivity contribution < 1.29 is 4.79 Å². The van der Waals surface area contributed by atoms with Crippen LogP contribution in [0.3, 0.4) is 0 Å². The summed E-state index contributed by atoms with van der Waals surface area (Å²) in [5.74, 6) is 0.164. The molecule has 98 valence electrons. The van der Waals surface area contributed by atoms with Crippen molar-refractivity contribution in [3.8, 4) is 0 Å². The molecule has 0 N–H and O–H groups in total. The van der Waals surface area contributed by atoms with Crippen LogP contribution in [0.25, 0.3) is 0 Å². The van der Waals surface area contributed by atoms with Crippen LogP contribution in [-0.2, 0) is 4.79 Å². The van der Waals surface area contributed by atoms with Crippen molar-refractivity contribution >= 4 is 5.91 Å². The van der Waals surface area contributed by atoms with E-state index in [1.165, 1.54) is 0 Å². The van der Waals surface area contributed by atoms with Crippen molar-refractivity contribution in [2.75, 3.05) is 27.2 Å². The van der Waals surface area contributed by atoms with Crippen LogP contribution in [0.2, 0.25) is 0 Å². The fourth-order valence-corrected chi connectivity index (χ4v) is 2.03. The summed E-state index contributed by atoms with van der Waals surface area (Å²) in [5, 5.41) is 0. The zero-order valence-corrected chi connectivity index (χ0v) is 11.9. The van der Waals surface area contributed by atoms with Crippen LogP contribution in [0.1, 0.15) is 33.6 Å². The maximum absolute atomic E-state index is 11.9. The van der Waals surface area contributed by atoms with Gasteiger partial charge in [-0.1, -0.05) is 26.8 Å². The first-order valence-electron chi connectivity index (χ1n) is 6.44. The summed E-state index contributed by atoms with van der Waals surface area (Å²) < 4.78 is 0. The van der Waals surface area contributed by atoms with Gasteiger partial charge in [0.25, 0.3) is 0 Å². The molecule has 1 fully saturated rings. The molecule has 0 spiro atoms. The van der Waals surface area contributed by atoms with E-state index < -0.39 is 0 Å². The molecule has 0 aliphatic carbocycles. The average molecular weight is 238 g/mol. The van der Waals surface area contributed by atoms with Crippen molar-refractivity contribution in [3.63, 3.8) is 0 Å². The third kappa shape index (κ3) is 4.90. The van der Waals surface area contributed by atoms with Gasteiger partial charge in [-0.2, -0.15) is 0 Å². The molecule has 0 bridgehead atoms. The molecule has 0 aromatic rings. The topological polar surface area (TPSA) is 23.6 Å². The lowest BCUT2D eigenvalue weighted by molar-refractivity contribution is -0.127. The first kappa shape index (κ1) is 14.2. The maximum atomic E-state index is 11.9. The number of likely N-dealkylation sites (tertiary alicyclic amines) is 1. The second-order valence-corrected chi connectivity index (χ2v) is 6.22. The Hall–Kier alpha value is -0.830. The van der Waals surface area contributed by atoms with Crippen LogP contribution in [0.5, 0.6) is 0 Å². The normalized spacial score (nSPS) is 19.3. The Bertz CT molecular complexity index is 281. The Labute approximate surface area is 105 Å². The van der Waals surface area contributed by atoms with E-state index in [2.05, 4.69) is 39.8 Å². The maximum Gasteiger partial charge on any atom is 0.246 e. The van der Waals surface area contributed by atoms with Crippen molar-refractivity contribution in [2.45, 2.75) is 39.7 Å². The lowest BCUT2D eigenvalue weighted by Crippen LogP contribution is -2.44. The lowest BCUT2D eigenvalue weighted by Gasteiger charge is -2.34. The van der Waals surface area contributed by atoms with E-state index in [9.17, 15) is 4.79 Å². The summed E-state index contributed by atoms with van der Waals surface area (Å²) in [4.78, 5) is 16.2. The van der Waals surface area contributed by atoms with E-state index in [4.69, 9.17) is 0 Å². The number of carbonyl (C=O) groups excluding carboxylic acids is 1. The van der Waals surface area contributed by atoms with E-state index in [1.807, 2.05) is 11.0 Å². The molecule has 0 atom stereocenters. The van der Waals surface area contributed by atoms with E-state index >= 15 is 0 Å². The Balaban J connectivity index is 2.44. The SMILES string of the molecule is CN(C)C1CCN(C(=O)C=CC(C)(C)C)CC1. The second kappa shape index (κ2) is 5.67. The van der Waals surface area contributed by atoms with Crippen LogP contribution in [-0.4, -0.2) is 48.9 Å². The number of piperidine rings is 1. The summed E-state index contributed by atoms with van der Waals surface area (Å²) in [7, 11) is 4.23. The molecule has 1 amide bonds. The van der Waals surface area contributed by atoms with Crippen molar-refractivity contribution in [1.82, 2.24) is 9.80 Å². The van der Waals surface area contributed by atoms with Crippen molar-refractivity contribution in [3.05, 3.63) is 12.2 Å². The Morgan fingerprint density at radius 2 is 1.76 bits per heavy atom. The predicted molar refractivity (Wildman–Crippen MR) is 71.9 cm³/mol. The van der Waals surface area contributed by atoms with Gasteiger partial charge >= 0.3 is 0 Å². The summed E-state index contributed by atoms with van der Waals surface area (Å²) >= 11 is 0. The Morgan fingerprint density at radius 1 is 1.24 bits per heavy atom. The number of amides is 1. The smallest absolute Gasteiger partial charge is 0.246 e. The van der Waals surface area contributed by atoms with Gasteiger partial charge in [0.2, 0.25) is 5.91 Å². The van der Waals surface area contributed by atoms with Gasteiger partial charge in [0.15, 0.2) is 0 Å². The van der Waals surface area contributed by atoms with Crippen LogP contribution < -0.4 is 0 Å². The largest absolute Gasteiger partial charge is 0.339 e. The predicted octanol–water partition coefficient (Wildman–Crippen LogP) is 2.14. The average Bonchev–Trinajstić information content (AvgIpc) is 2.25. The van der Waals surface area contributed by atoms with Gasteiger partial charge in [0.1, 0.15) is 0 Å². The van der Waals surface area contributed by atoms with Gasteiger partial charge < -0.3 is 9.80 Å². The van der Waals surface area contributed by atoms with Gasteiger partial charge in [0.05, 0.1) is 0 Å². The summed E-state index contributed by atoms with van der Waals surface area (Å²) in [5.41, 5.74) is 0.0810. The molecule has 1 rings (SSSR count). The van der Waals surface area contributed by atoms with Crippen LogP contribution in [0.15, 0.2) is 12.2 Å². The number of hydrogen-bond donors (Lipinski definition) is 0. The summed E-state index contributed by atoms with van der Waals surface area (Å²) in [6.07, 6.45) is 5.90. The van der Waals surface area contributed by atoms with Gasteiger partial charge in [-0.25, -0.2) is 0 Å². The van der Waals surface area contributed by atoms with E-state index in [0.29, 0.717) is 6.04 Å². The minimum Gasteiger partial charge on any atom is -0.339 e. The van der Waals surface area contributed by atoms with Crippen LogP contribution in [0.4, 0.5) is 0 Å². The van der Waals surface area contributed by atoms with Crippen LogP contribution in [0, 0.1) is 5.41 Å². The van der Waals surface area contributed by atoms with E-state index in [0.717, 1.165) is 25.9 Å². The Morgan fingerprint density at radius 3 is 2.18 bits per heavy atom. The van der Waals surface area contributed by atoms with Gasteiger partial charge in [0, 0.05) is 19.1 Å². The number of nitrogens with zero attached hydrogens (tertiary/aromatic N) is 2. The molecular weight excluding hydrogens is 212 g/mol. The highest BCUT2D eigenvalue weighted by Crippen LogP contribution is 2.17. The first-order chi connectivity index (χ1) is 7.79. The molecule has 1 heterocycles. The van der Waals surface area contributed by atoms with Gasteiger partial charge in [-0.15, -0.1) is 0 Å². The molecular formula is C14H26N2O. The van der Waals surface area contributed by atoms with Crippen LogP contribution >= 0.6 is 0 Å². The standard InChI is InChI=1S/C14H26N2O/c1-14(2,3)9-6-13(17)16-10-7-12(8-11-16)15(4)5/h6,9,12H,7-8,10-11H2,1-5H3. The fraction of sp³-hybridized carbons (Fsp3) is 0.786. The number of rotatable bonds is 2. The third-order valence-electron chi connectivity index (χ3n) is 3.23. The van der Waals surface area contributed by atoms with Crippen molar-refractivity contribution in [1.29, 1.82) is 0 Å². The molecule has 0 aromatic heterocycles. The minimum atomic E-state index is 0.0810. The van der Waals surface area contributed by atoms with Gasteiger partial charge in [-0.3, -0.25) is 4.79 Å². The summed E-state index contributed by atoms with van der Waals surface area (Å²) in [6, 6.07) is 0.630. The molecule has 3 heteroatoms. The molecule has 1 aliphatic rings. The minimum absolute atomic E-state index is 0.0810. The molecule has 0 radical (unpaired) electrons. The highest BCUT2D eigenvalue weighted by molar-refractivity contribution is 5.87. The van der Waals surface area contributed by atoms with E-state index in [1.54, 1.807) is 6.08 Å². The Kier molecular flexibility index (Phi) is 4.75. The second-order valence-electron chi connectivity index (χ2n) is 6.22. The zero-order valence-electron chi connectivity index (χ0n) is 11.9. The summed E-state index contributed by atoms with van der Waals surface area (Å²) in [6.45, 7) is 8.09. The lowest BCUT2D eigenvalue weighted by atomic mass is 9.96. The number of allylic oxidation sites excluding steroid dienone is 1. The fourth-order valence-electron chi connectivity index (χ4n) is 2.03. The monoisotopic (exact) mass is 238 g/mol. The molecule has 1 aliphatic heterocycles. The van der Waals surface area contributed by atoms with Gasteiger partial charge in [-0.05, 0) is 38.4 Å². The highest BCUT2D eigenvalue weighted by Gasteiger charge is 2.22. The molecule has 3 nitrogen and oxygen atoms in total. The van der Waals surface area contributed by atoms with E-state index in [-0.39, 0.29) is 11.3 Å². The molecule has 0 aromatic carbocycles. The first-order valence-corrected chi connectivity index (χ1v) is 6.44. The number of carbonyl (C=O) groups is 1. The molecule has 1 saturated heterocycles. The zero-order chi connectivity index (χ0) is 13.1.